The van der Waals surface area contributed by atoms with Crippen molar-refractivity contribution >= 4 is 23.2 Å². The van der Waals surface area contributed by atoms with Gasteiger partial charge in [-0.05, 0) is 56.5 Å². The second-order valence-corrected chi connectivity index (χ2v) is 6.19. The lowest BCUT2D eigenvalue weighted by atomic mass is 10.1. The molecule has 0 atom stereocenters. The SMILES string of the molecule is CC(=CCCNCC(C)C)Cc1ccc(Cl)cc1Cl. The Labute approximate surface area is 127 Å². The van der Waals surface area contributed by atoms with E-state index in [1.807, 2.05) is 12.1 Å². The number of nitrogens with one attached hydrogen (secondary N) is 1. The predicted molar refractivity (Wildman–Crippen MR) is 86.2 cm³/mol. The molecule has 3 heteroatoms. The summed E-state index contributed by atoms with van der Waals surface area (Å²) in [7, 11) is 0. The van der Waals surface area contributed by atoms with Gasteiger partial charge in [0.1, 0.15) is 0 Å². The minimum absolute atomic E-state index is 0.688. The lowest BCUT2D eigenvalue weighted by Gasteiger charge is -2.07. The zero-order chi connectivity index (χ0) is 14.3. The number of hydrogen-bond acceptors (Lipinski definition) is 1. The van der Waals surface area contributed by atoms with E-state index in [1.165, 1.54) is 5.57 Å². The van der Waals surface area contributed by atoms with E-state index in [9.17, 15) is 0 Å². The van der Waals surface area contributed by atoms with Crippen LogP contribution in [0, 0.1) is 5.92 Å². The van der Waals surface area contributed by atoms with Crippen LogP contribution >= 0.6 is 23.2 Å². The van der Waals surface area contributed by atoms with E-state index in [1.54, 1.807) is 6.07 Å². The first-order valence-electron chi connectivity index (χ1n) is 6.79. The van der Waals surface area contributed by atoms with Crippen LogP contribution in [-0.4, -0.2) is 13.1 Å². The fraction of sp³-hybridized carbons (Fsp3) is 0.500. The Morgan fingerprint density at radius 2 is 2.05 bits per heavy atom. The summed E-state index contributed by atoms with van der Waals surface area (Å²) in [5.41, 5.74) is 2.48. The van der Waals surface area contributed by atoms with Crippen molar-refractivity contribution in [1.82, 2.24) is 5.32 Å². The van der Waals surface area contributed by atoms with Crippen molar-refractivity contribution in [3.05, 3.63) is 45.5 Å². The molecule has 0 aliphatic rings. The molecule has 0 aliphatic carbocycles. The van der Waals surface area contributed by atoms with Crippen LogP contribution in [0.2, 0.25) is 10.0 Å². The highest BCUT2D eigenvalue weighted by molar-refractivity contribution is 6.35. The first-order chi connectivity index (χ1) is 8.99. The van der Waals surface area contributed by atoms with Gasteiger partial charge in [-0.15, -0.1) is 0 Å². The van der Waals surface area contributed by atoms with Crippen molar-refractivity contribution in [3.63, 3.8) is 0 Å². The molecule has 0 saturated heterocycles. The van der Waals surface area contributed by atoms with Crippen LogP contribution in [0.4, 0.5) is 0 Å². The van der Waals surface area contributed by atoms with Crippen LogP contribution in [0.1, 0.15) is 32.8 Å². The Morgan fingerprint density at radius 3 is 2.68 bits per heavy atom. The minimum Gasteiger partial charge on any atom is -0.316 e. The molecular weight excluding hydrogens is 277 g/mol. The Balaban J connectivity index is 2.39. The van der Waals surface area contributed by atoms with Crippen LogP contribution < -0.4 is 5.32 Å². The largest absolute Gasteiger partial charge is 0.316 e. The molecule has 0 fully saturated rings. The van der Waals surface area contributed by atoms with Gasteiger partial charge in [0.25, 0.3) is 0 Å². The standard InChI is InChI=1S/C16H23Cl2N/c1-12(2)11-19-8-4-5-13(3)9-14-6-7-15(17)10-16(14)18/h5-7,10,12,19H,4,8-9,11H2,1-3H3. The lowest BCUT2D eigenvalue weighted by molar-refractivity contribution is 0.556. The molecule has 106 valence electrons. The lowest BCUT2D eigenvalue weighted by Crippen LogP contribution is -2.20. The summed E-state index contributed by atoms with van der Waals surface area (Å²) in [5.74, 6) is 0.706. The Hall–Kier alpha value is -0.500. The second kappa shape index (κ2) is 8.63. The highest BCUT2D eigenvalue weighted by atomic mass is 35.5. The van der Waals surface area contributed by atoms with Gasteiger partial charge in [-0.25, -0.2) is 0 Å². The summed E-state index contributed by atoms with van der Waals surface area (Å²) < 4.78 is 0. The van der Waals surface area contributed by atoms with Gasteiger partial charge in [-0.3, -0.25) is 0 Å². The zero-order valence-corrected chi connectivity index (χ0v) is 13.5. The van der Waals surface area contributed by atoms with Gasteiger partial charge in [-0.1, -0.05) is 54.8 Å². The van der Waals surface area contributed by atoms with Crippen molar-refractivity contribution in [2.75, 3.05) is 13.1 Å². The Bertz CT molecular complexity index is 425. The average Bonchev–Trinajstić information content (AvgIpc) is 2.32. The maximum absolute atomic E-state index is 6.17. The number of benzene rings is 1. The highest BCUT2D eigenvalue weighted by Crippen LogP contribution is 2.23. The maximum Gasteiger partial charge on any atom is 0.0456 e. The Morgan fingerprint density at radius 1 is 1.32 bits per heavy atom. The fourth-order valence-electron chi connectivity index (χ4n) is 1.85. The van der Waals surface area contributed by atoms with Crippen molar-refractivity contribution in [1.29, 1.82) is 0 Å². The third kappa shape index (κ3) is 7.00. The first-order valence-corrected chi connectivity index (χ1v) is 7.55. The number of rotatable bonds is 7. The topological polar surface area (TPSA) is 12.0 Å². The smallest absolute Gasteiger partial charge is 0.0456 e. The molecule has 0 spiro atoms. The van der Waals surface area contributed by atoms with Crippen LogP contribution in [0.3, 0.4) is 0 Å². The molecule has 0 heterocycles. The van der Waals surface area contributed by atoms with Gasteiger partial charge < -0.3 is 5.32 Å². The van der Waals surface area contributed by atoms with E-state index < -0.39 is 0 Å². The molecule has 0 bridgehead atoms. The molecule has 0 aromatic heterocycles. The second-order valence-electron chi connectivity index (χ2n) is 5.35. The molecule has 0 radical (unpaired) electrons. The number of halogens is 2. The first kappa shape index (κ1) is 16.6. The van der Waals surface area contributed by atoms with Crippen molar-refractivity contribution in [2.45, 2.75) is 33.6 Å². The fourth-order valence-corrected chi connectivity index (χ4v) is 2.32. The summed E-state index contributed by atoms with van der Waals surface area (Å²) in [6.45, 7) is 8.69. The molecule has 0 unspecified atom stereocenters. The number of allylic oxidation sites excluding steroid dienone is 1. The van der Waals surface area contributed by atoms with Gasteiger partial charge in [-0.2, -0.15) is 0 Å². The van der Waals surface area contributed by atoms with Crippen LogP contribution in [0.5, 0.6) is 0 Å². The van der Waals surface area contributed by atoms with E-state index in [2.05, 4.69) is 32.2 Å². The summed E-state index contributed by atoms with van der Waals surface area (Å²) >= 11 is 12.1. The zero-order valence-electron chi connectivity index (χ0n) is 12.0. The highest BCUT2D eigenvalue weighted by Gasteiger charge is 2.02. The molecule has 0 amide bonds. The van der Waals surface area contributed by atoms with Crippen molar-refractivity contribution in [3.8, 4) is 0 Å². The van der Waals surface area contributed by atoms with Crippen molar-refractivity contribution < 1.29 is 0 Å². The van der Waals surface area contributed by atoms with E-state index >= 15 is 0 Å². The summed E-state index contributed by atoms with van der Waals surface area (Å²) in [6, 6.07) is 5.69. The van der Waals surface area contributed by atoms with Crippen LogP contribution in [0.25, 0.3) is 0 Å². The molecule has 19 heavy (non-hydrogen) atoms. The monoisotopic (exact) mass is 299 g/mol. The van der Waals surface area contributed by atoms with Crippen LogP contribution in [0.15, 0.2) is 29.8 Å². The molecule has 1 nitrogen and oxygen atoms in total. The molecule has 1 N–H and O–H groups in total. The van der Waals surface area contributed by atoms with E-state index in [4.69, 9.17) is 23.2 Å². The Kier molecular flexibility index (Phi) is 7.52. The van der Waals surface area contributed by atoms with Crippen LogP contribution in [-0.2, 0) is 6.42 Å². The predicted octanol–water partition coefficient (Wildman–Crippen LogP) is 5.12. The summed E-state index contributed by atoms with van der Waals surface area (Å²) in [6.07, 6.45) is 4.22. The van der Waals surface area contributed by atoms with Gasteiger partial charge >= 0.3 is 0 Å². The third-order valence-corrected chi connectivity index (χ3v) is 3.44. The maximum atomic E-state index is 6.17. The third-order valence-electron chi connectivity index (χ3n) is 2.85. The summed E-state index contributed by atoms with van der Waals surface area (Å²) in [4.78, 5) is 0. The quantitative estimate of drug-likeness (QED) is 0.544. The van der Waals surface area contributed by atoms with Gasteiger partial charge in [0, 0.05) is 10.0 Å². The molecule has 0 aliphatic heterocycles. The molecular formula is C16H23Cl2N. The van der Waals surface area contributed by atoms with E-state index in [-0.39, 0.29) is 0 Å². The van der Waals surface area contributed by atoms with Crippen molar-refractivity contribution in [2.24, 2.45) is 5.92 Å². The van der Waals surface area contributed by atoms with Gasteiger partial charge in [0.2, 0.25) is 0 Å². The number of hydrogen-bond donors (Lipinski definition) is 1. The molecule has 1 rings (SSSR count). The normalized spacial score (nSPS) is 12.2. The molecule has 1 aromatic carbocycles. The van der Waals surface area contributed by atoms with Gasteiger partial charge in [0.15, 0.2) is 0 Å². The average molecular weight is 300 g/mol. The van der Waals surface area contributed by atoms with E-state index in [0.717, 1.165) is 36.5 Å². The summed E-state index contributed by atoms with van der Waals surface area (Å²) in [5, 5.41) is 4.87. The minimum atomic E-state index is 0.688. The van der Waals surface area contributed by atoms with E-state index in [0.29, 0.717) is 10.9 Å². The molecule has 1 aromatic rings. The van der Waals surface area contributed by atoms with Gasteiger partial charge in [0.05, 0.1) is 0 Å². The molecule has 0 saturated carbocycles.